The smallest absolute Gasteiger partial charge is 0.236 e. The molecule has 3 N–H and O–H groups in total. The average Bonchev–Trinajstić information content (AvgIpc) is 2.31. The lowest BCUT2D eigenvalue weighted by molar-refractivity contribution is -0.122. The molecule has 0 spiro atoms. The standard InChI is InChI=1S/C14H28N2O.ClH/c1-3-6-13(15)14(17)16-10-9-12-8-5-4-7-11(12)2;/h11-13H,3-10,15H2,1-2H3,(H,16,17);1H. The van der Waals surface area contributed by atoms with E-state index >= 15 is 0 Å². The van der Waals surface area contributed by atoms with E-state index in [1.807, 2.05) is 0 Å². The van der Waals surface area contributed by atoms with Gasteiger partial charge in [0.2, 0.25) is 5.91 Å². The van der Waals surface area contributed by atoms with Crippen molar-refractivity contribution in [1.29, 1.82) is 0 Å². The van der Waals surface area contributed by atoms with Gasteiger partial charge in [-0.1, -0.05) is 46.0 Å². The minimum atomic E-state index is -0.316. The maximum Gasteiger partial charge on any atom is 0.236 e. The highest BCUT2D eigenvalue weighted by Crippen LogP contribution is 2.31. The number of hydrogen-bond donors (Lipinski definition) is 2. The van der Waals surface area contributed by atoms with Gasteiger partial charge in [0.15, 0.2) is 0 Å². The molecular formula is C14H29ClN2O. The van der Waals surface area contributed by atoms with Crippen molar-refractivity contribution in [3.05, 3.63) is 0 Å². The molecule has 0 bridgehead atoms. The van der Waals surface area contributed by atoms with Gasteiger partial charge in [-0.25, -0.2) is 0 Å². The van der Waals surface area contributed by atoms with E-state index in [4.69, 9.17) is 5.73 Å². The van der Waals surface area contributed by atoms with E-state index < -0.39 is 0 Å². The Bertz CT molecular complexity index is 236. The second-order valence-corrected chi connectivity index (χ2v) is 5.50. The molecule has 1 aliphatic rings. The number of halogens is 1. The summed E-state index contributed by atoms with van der Waals surface area (Å²) in [5.74, 6) is 1.65. The minimum absolute atomic E-state index is 0. The summed E-state index contributed by atoms with van der Waals surface area (Å²) in [5, 5.41) is 2.97. The van der Waals surface area contributed by atoms with Crippen molar-refractivity contribution in [2.45, 2.75) is 64.8 Å². The van der Waals surface area contributed by atoms with E-state index in [9.17, 15) is 4.79 Å². The number of nitrogens with two attached hydrogens (primary N) is 1. The Balaban J connectivity index is 0.00000289. The Morgan fingerprint density at radius 1 is 1.39 bits per heavy atom. The van der Waals surface area contributed by atoms with Crippen molar-refractivity contribution in [3.63, 3.8) is 0 Å². The molecule has 0 radical (unpaired) electrons. The maximum absolute atomic E-state index is 11.6. The zero-order chi connectivity index (χ0) is 12.7. The van der Waals surface area contributed by atoms with Crippen LogP contribution in [-0.4, -0.2) is 18.5 Å². The summed E-state index contributed by atoms with van der Waals surface area (Å²) < 4.78 is 0. The molecular weight excluding hydrogens is 248 g/mol. The van der Waals surface area contributed by atoms with Gasteiger partial charge in [-0.05, 0) is 24.7 Å². The zero-order valence-electron chi connectivity index (χ0n) is 11.8. The van der Waals surface area contributed by atoms with E-state index in [1.165, 1.54) is 25.7 Å². The van der Waals surface area contributed by atoms with E-state index in [2.05, 4.69) is 19.2 Å². The molecule has 3 nitrogen and oxygen atoms in total. The van der Waals surface area contributed by atoms with Gasteiger partial charge in [-0.2, -0.15) is 0 Å². The van der Waals surface area contributed by atoms with Crippen molar-refractivity contribution < 1.29 is 4.79 Å². The Labute approximate surface area is 118 Å². The molecule has 1 saturated carbocycles. The van der Waals surface area contributed by atoms with Gasteiger partial charge in [0.05, 0.1) is 6.04 Å². The minimum Gasteiger partial charge on any atom is -0.355 e. The SMILES string of the molecule is CCCC(N)C(=O)NCCC1CCCCC1C.Cl. The third kappa shape index (κ3) is 6.05. The quantitative estimate of drug-likeness (QED) is 0.784. The average molecular weight is 277 g/mol. The van der Waals surface area contributed by atoms with Crippen molar-refractivity contribution in [2.24, 2.45) is 17.6 Å². The fraction of sp³-hybridized carbons (Fsp3) is 0.929. The lowest BCUT2D eigenvalue weighted by Gasteiger charge is -2.28. The molecule has 108 valence electrons. The normalized spacial score (nSPS) is 25.1. The van der Waals surface area contributed by atoms with Crippen molar-refractivity contribution in [2.75, 3.05) is 6.54 Å². The van der Waals surface area contributed by atoms with Crippen LogP contribution in [0.3, 0.4) is 0 Å². The summed E-state index contributed by atoms with van der Waals surface area (Å²) in [6.07, 6.45) is 8.29. The molecule has 3 unspecified atom stereocenters. The monoisotopic (exact) mass is 276 g/mol. The summed E-state index contributed by atoms with van der Waals surface area (Å²) in [6.45, 7) is 5.19. The summed E-state index contributed by atoms with van der Waals surface area (Å²) >= 11 is 0. The fourth-order valence-electron chi connectivity index (χ4n) is 2.78. The fourth-order valence-corrected chi connectivity index (χ4v) is 2.78. The molecule has 0 aromatic rings. The second-order valence-electron chi connectivity index (χ2n) is 5.50. The third-order valence-corrected chi connectivity index (χ3v) is 4.04. The lowest BCUT2D eigenvalue weighted by atomic mass is 9.79. The van der Waals surface area contributed by atoms with Crippen LogP contribution in [0.25, 0.3) is 0 Å². The summed E-state index contributed by atoms with van der Waals surface area (Å²) in [7, 11) is 0. The molecule has 0 heterocycles. The Morgan fingerprint density at radius 2 is 2.06 bits per heavy atom. The van der Waals surface area contributed by atoms with E-state index in [0.29, 0.717) is 0 Å². The molecule has 18 heavy (non-hydrogen) atoms. The van der Waals surface area contributed by atoms with Gasteiger partial charge in [-0.15, -0.1) is 12.4 Å². The highest BCUT2D eigenvalue weighted by molar-refractivity contribution is 5.85. The Hall–Kier alpha value is -0.280. The van der Waals surface area contributed by atoms with Crippen LogP contribution in [0.5, 0.6) is 0 Å². The van der Waals surface area contributed by atoms with Gasteiger partial charge >= 0.3 is 0 Å². The van der Waals surface area contributed by atoms with E-state index in [-0.39, 0.29) is 24.4 Å². The van der Waals surface area contributed by atoms with Crippen LogP contribution in [-0.2, 0) is 4.79 Å². The number of hydrogen-bond acceptors (Lipinski definition) is 2. The largest absolute Gasteiger partial charge is 0.355 e. The van der Waals surface area contributed by atoms with Crippen LogP contribution in [0.15, 0.2) is 0 Å². The maximum atomic E-state index is 11.6. The molecule has 0 saturated heterocycles. The number of rotatable bonds is 6. The van der Waals surface area contributed by atoms with Crippen LogP contribution in [0, 0.1) is 11.8 Å². The third-order valence-electron chi connectivity index (χ3n) is 4.04. The molecule has 3 atom stereocenters. The Morgan fingerprint density at radius 3 is 2.67 bits per heavy atom. The van der Waals surface area contributed by atoms with Gasteiger partial charge in [0, 0.05) is 6.54 Å². The van der Waals surface area contributed by atoms with Crippen molar-refractivity contribution in [3.8, 4) is 0 Å². The summed E-state index contributed by atoms with van der Waals surface area (Å²) in [6, 6.07) is -0.316. The van der Waals surface area contributed by atoms with Crippen LogP contribution < -0.4 is 11.1 Å². The molecule has 1 rings (SSSR count). The molecule has 1 amide bonds. The lowest BCUT2D eigenvalue weighted by Crippen LogP contribution is -2.41. The predicted molar refractivity (Wildman–Crippen MR) is 78.9 cm³/mol. The molecule has 0 aromatic carbocycles. The van der Waals surface area contributed by atoms with Crippen LogP contribution >= 0.6 is 12.4 Å². The van der Waals surface area contributed by atoms with E-state index in [1.54, 1.807) is 0 Å². The molecule has 0 aliphatic heterocycles. The Kier molecular flexibility index (Phi) is 9.47. The zero-order valence-corrected chi connectivity index (χ0v) is 12.6. The molecule has 1 fully saturated rings. The predicted octanol–water partition coefficient (Wildman–Crippen LogP) is 2.87. The highest BCUT2D eigenvalue weighted by Gasteiger charge is 2.21. The number of carbonyl (C=O) groups excluding carboxylic acids is 1. The topological polar surface area (TPSA) is 55.1 Å². The highest BCUT2D eigenvalue weighted by atomic mass is 35.5. The summed E-state index contributed by atoms with van der Waals surface area (Å²) in [4.78, 5) is 11.6. The summed E-state index contributed by atoms with van der Waals surface area (Å²) in [5.41, 5.74) is 5.76. The molecule has 0 aromatic heterocycles. The molecule has 1 aliphatic carbocycles. The van der Waals surface area contributed by atoms with Crippen LogP contribution in [0.4, 0.5) is 0 Å². The van der Waals surface area contributed by atoms with E-state index in [0.717, 1.165) is 37.6 Å². The first kappa shape index (κ1) is 17.7. The van der Waals surface area contributed by atoms with Crippen LogP contribution in [0.2, 0.25) is 0 Å². The van der Waals surface area contributed by atoms with Gasteiger partial charge < -0.3 is 11.1 Å². The number of amides is 1. The number of nitrogens with one attached hydrogen (secondary N) is 1. The van der Waals surface area contributed by atoms with Crippen LogP contribution in [0.1, 0.15) is 58.8 Å². The second kappa shape index (κ2) is 9.62. The van der Waals surface area contributed by atoms with Gasteiger partial charge in [0.1, 0.15) is 0 Å². The van der Waals surface area contributed by atoms with Crippen molar-refractivity contribution in [1.82, 2.24) is 5.32 Å². The first-order valence-electron chi connectivity index (χ1n) is 7.18. The first-order chi connectivity index (χ1) is 8.15. The van der Waals surface area contributed by atoms with Gasteiger partial charge in [0.25, 0.3) is 0 Å². The number of carbonyl (C=O) groups is 1. The van der Waals surface area contributed by atoms with Gasteiger partial charge in [-0.3, -0.25) is 4.79 Å². The molecule has 4 heteroatoms. The first-order valence-corrected chi connectivity index (χ1v) is 7.18. The van der Waals surface area contributed by atoms with Crippen molar-refractivity contribution >= 4 is 18.3 Å².